The molecule has 2 aromatic rings. The molecule has 0 fully saturated rings. The van der Waals surface area contributed by atoms with Crippen molar-refractivity contribution in [2.24, 2.45) is 0 Å². The molecule has 0 saturated carbocycles. The van der Waals surface area contributed by atoms with Crippen molar-refractivity contribution >= 4 is 0 Å². The SMILES string of the molecule is COc1cccc([C@@H](C)NCCCOc2ccccc2)c1. The molecule has 0 spiro atoms. The Labute approximate surface area is 126 Å². The summed E-state index contributed by atoms with van der Waals surface area (Å²) in [6.45, 7) is 3.81. The van der Waals surface area contributed by atoms with Gasteiger partial charge in [0.05, 0.1) is 13.7 Å². The van der Waals surface area contributed by atoms with E-state index in [1.165, 1.54) is 5.56 Å². The van der Waals surface area contributed by atoms with Gasteiger partial charge >= 0.3 is 0 Å². The van der Waals surface area contributed by atoms with Crippen LogP contribution in [0.2, 0.25) is 0 Å². The number of methoxy groups -OCH3 is 1. The summed E-state index contributed by atoms with van der Waals surface area (Å²) in [6.07, 6.45) is 0.975. The number of benzene rings is 2. The van der Waals surface area contributed by atoms with E-state index in [0.717, 1.165) is 31.1 Å². The van der Waals surface area contributed by atoms with Crippen LogP contribution >= 0.6 is 0 Å². The van der Waals surface area contributed by atoms with Crippen LogP contribution < -0.4 is 14.8 Å². The molecule has 112 valence electrons. The van der Waals surface area contributed by atoms with Gasteiger partial charge in [0.15, 0.2) is 0 Å². The summed E-state index contributed by atoms with van der Waals surface area (Å²) in [5, 5.41) is 3.50. The van der Waals surface area contributed by atoms with E-state index in [4.69, 9.17) is 9.47 Å². The van der Waals surface area contributed by atoms with Crippen LogP contribution in [0.5, 0.6) is 11.5 Å². The Morgan fingerprint density at radius 3 is 2.52 bits per heavy atom. The van der Waals surface area contributed by atoms with Gasteiger partial charge in [-0.15, -0.1) is 0 Å². The first-order valence-electron chi connectivity index (χ1n) is 7.35. The van der Waals surface area contributed by atoms with Crippen LogP contribution in [0.3, 0.4) is 0 Å². The zero-order chi connectivity index (χ0) is 14.9. The lowest BCUT2D eigenvalue weighted by Crippen LogP contribution is -2.21. The molecule has 21 heavy (non-hydrogen) atoms. The number of rotatable bonds is 8. The lowest BCUT2D eigenvalue weighted by molar-refractivity contribution is 0.305. The first-order chi connectivity index (χ1) is 10.3. The summed E-state index contributed by atoms with van der Waals surface area (Å²) in [5.41, 5.74) is 1.23. The van der Waals surface area contributed by atoms with Crippen LogP contribution in [0.1, 0.15) is 24.9 Å². The predicted octanol–water partition coefficient (Wildman–Crippen LogP) is 3.81. The molecule has 0 bridgehead atoms. The van der Waals surface area contributed by atoms with E-state index < -0.39 is 0 Å². The van der Waals surface area contributed by atoms with Crippen LogP contribution in [-0.2, 0) is 0 Å². The van der Waals surface area contributed by atoms with Gasteiger partial charge in [-0.3, -0.25) is 0 Å². The fourth-order valence-electron chi connectivity index (χ4n) is 2.13. The molecule has 2 aromatic carbocycles. The van der Waals surface area contributed by atoms with Gasteiger partial charge in [0, 0.05) is 6.04 Å². The Hall–Kier alpha value is -2.00. The molecule has 2 rings (SSSR count). The Morgan fingerprint density at radius 1 is 1.00 bits per heavy atom. The summed E-state index contributed by atoms with van der Waals surface area (Å²) in [5.74, 6) is 1.83. The number of ether oxygens (including phenoxy) is 2. The van der Waals surface area contributed by atoms with E-state index in [2.05, 4.69) is 24.4 Å². The van der Waals surface area contributed by atoms with Crippen molar-refractivity contribution in [1.82, 2.24) is 5.32 Å². The van der Waals surface area contributed by atoms with Crippen molar-refractivity contribution in [2.45, 2.75) is 19.4 Å². The van der Waals surface area contributed by atoms with E-state index in [0.29, 0.717) is 6.04 Å². The number of nitrogens with one attached hydrogen (secondary N) is 1. The summed E-state index contributed by atoms with van der Waals surface area (Å²) < 4.78 is 10.9. The molecule has 0 saturated heterocycles. The molecule has 1 atom stereocenters. The summed E-state index contributed by atoms with van der Waals surface area (Å²) in [4.78, 5) is 0. The minimum Gasteiger partial charge on any atom is -0.497 e. The summed E-state index contributed by atoms with van der Waals surface area (Å²) in [6, 6.07) is 18.4. The highest BCUT2D eigenvalue weighted by atomic mass is 16.5. The average molecular weight is 285 g/mol. The first-order valence-corrected chi connectivity index (χ1v) is 7.35. The van der Waals surface area contributed by atoms with Crippen molar-refractivity contribution in [2.75, 3.05) is 20.3 Å². The topological polar surface area (TPSA) is 30.5 Å². The molecule has 0 unspecified atom stereocenters. The first kappa shape index (κ1) is 15.4. The molecule has 1 N–H and O–H groups in total. The zero-order valence-electron chi connectivity index (χ0n) is 12.7. The standard InChI is InChI=1S/C18H23NO2/c1-15(16-8-6-11-18(14-16)20-2)19-12-7-13-21-17-9-4-3-5-10-17/h3-6,8-11,14-15,19H,7,12-13H2,1-2H3/t15-/m1/s1. The fraction of sp³-hybridized carbons (Fsp3) is 0.333. The molecule has 3 heteroatoms. The largest absolute Gasteiger partial charge is 0.497 e. The maximum atomic E-state index is 5.67. The molecule has 0 radical (unpaired) electrons. The van der Waals surface area contributed by atoms with Crippen molar-refractivity contribution in [1.29, 1.82) is 0 Å². The van der Waals surface area contributed by atoms with Crippen molar-refractivity contribution in [3.63, 3.8) is 0 Å². The molecule has 0 aromatic heterocycles. The predicted molar refractivity (Wildman–Crippen MR) is 86.0 cm³/mol. The molecule has 0 aliphatic rings. The number of hydrogen-bond acceptors (Lipinski definition) is 3. The smallest absolute Gasteiger partial charge is 0.119 e. The van der Waals surface area contributed by atoms with E-state index in [-0.39, 0.29) is 0 Å². The third-order valence-corrected chi connectivity index (χ3v) is 3.38. The van der Waals surface area contributed by atoms with Gasteiger partial charge in [-0.2, -0.15) is 0 Å². The average Bonchev–Trinajstić information content (AvgIpc) is 2.55. The monoisotopic (exact) mass is 285 g/mol. The van der Waals surface area contributed by atoms with Gasteiger partial charge in [-0.05, 0) is 49.7 Å². The van der Waals surface area contributed by atoms with Gasteiger partial charge in [-0.1, -0.05) is 30.3 Å². The van der Waals surface area contributed by atoms with Crippen molar-refractivity contribution in [3.8, 4) is 11.5 Å². The Bertz CT molecular complexity index is 528. The minimum absolute atomic E-state index is 0.303. The maximum absolute atomic E-state index is 5.67. The van der Waals surface area contributed by atoms with Gasteiger partial charge < -0.3 is 14.8 Å². The molecule has 0 aliphatic carbocycles. The van der Waals surface area contributed by atoms with Crippen molar-refractivity contribution < 1.29 is 9.47 Å². The minimum atomic E-state index is 0.303. The normalized spacial score (nSPS) is 11.9. The molecule has 0 amide bonds. The maximum Gasteiger partial charge on any atom is 0.119 e. The molecular formula is C18H23NO2. The van der Waals surface area contributed by atoms with Crippen LogP contribution in [-0.4, -0.2) is 20.3 Å². The summed E-state index contributed by atoms with van der Waals surface area (Å²) >= 11 is 0. The second kappa shape index (κ2) is 8.32. The third-order valence-electron chi connectivity index (χ3n) is 3.38. The van der Waals surface area contributed by atoms with Gasteiger partial charge in [-0.25, -0.2) is 0 Å². The Morgan fingerprint density at radius 2 is 1.76 bits per heavy atom. The highest BCUT2D eigenvalue weighted by Gasteiger charge is 2.05. The van der Waals surface area contributed by atoms with Crippen LogP contribution in [0.25, 0.3) is 0 Å². The van der Waals surface area contributed by atoms with Crippen molar-refractivity contribution in [3.05, 3.63) is 60.2 Å². The van der Waals surface area contributed by atoms with Crippen LogP contribution in [0.4, 0.5) is 0 Å². The van der Waals surface area contributed by atoms with Gasteiger partial charge in [0.2, 0.25) is 0 Å². The third kappa shape index (κ3) is 5.12. The lowest BCUT2D eigenvalue weighted by atomic mass is 10.1. The van der Waals surface area contributed by atoms with Gasteiger partial charge in [0.1, 0.15) is 11.5 Å². The molecule has 3 nitrogen and oxygen atoms in total. The highest BCUT2D eigenvalue weighted by Crippen LogP contribution is 2.18. The van der Waals surface area contributed by atoms with E-state index in [1.807, 2.05) is 42.5 Å². The molecular weight excluding hydrogens is 262 g/mol. The second-order valence-electron chi connectivity index (χ2n) is 4.97. The van der Waals surface area contributed by atoms with E-state index >= 15 is 0 Å². The van der Waals surface area contributed by atoms with Crippen LogP contribution in [0.15, 0.2) is 54.6 Å². The highest BCUT2D eigenvalue weighted by molar-refractivity contribution is 5.30. The Kier molecular flexibility index (Phi) is 6.10. The number of hydrogen-bond donors (Lipinski definition) is 1. The fourth-order valence-corrected chi connectivity index (χ4v) is 2.13. The number of para-hydroxylation sites is 1. The zero-order valence-corrected chi connectivity index (χ0v) is 12.7. The Balaban J connectivity index is 1.68. The lowest BCUT2D eigenvalue weighted by Gasteiger charge is -2.15. The quantitative estimate of drug-likeness (QED) is 0.748. The van der Waals surface area contributed by atoms with Gasteiger partial charge in [0.25, 0.3) is 0 Å². The van der Waals surface area contributed by atoms with E-state index in [9.17, 15) is 0 Å². The van der Waals surface area contributed by atoms with E-state index in [1.54, 1.807) is 7.11 Å². The second-order valence-corrected chi connectivity index (χ2v) is 4.97. The summed E-state index contributed by atoms with van der Waals surface area (Å²) in [7, 11) is 1.69. The van der Waals surface area contributed by atoms with Crippen LogP contribution in [0, 0.1) is 0 Å². The molecule has 0 aliphatic heterocycles. The molecule has 0 heterocycles.